The van der Waals surface area contributed by atoms with Crippen LogP contribution in [0.4, 0.5) is 0 Å². The lowest BCUT2D eigenvalue weighted by Gasteiger charge is -2.49. The second-order valence-corrected chi connectivity index (χ2v) is 14.3. The summed E-state index contributed by atoms with van der Waals surface area (Å²) < 4.78 is 71.1. The monoisotopic (exact) mass is 690 g/mol. The first-order valence-corrected chi connectivity index (χ1v) is 17.5. The van der Waals surface area contributed by atoms with E-state index in [0.29, 0.717) is 13.2 Å². The fraction of sp³-hybridized carbons (Fsp3) is 0.538. The number of benzene rings is 3. The van der Waals surface area contributed by atoms with Gasteiger partial charge in [0.15, 0.2) is 30.4 Å². The Morgan fingerprint density at radius 3 is 1.84 bits per heavy atom. The van der Waals surface area contributed by atoms with Gasteiger partial charge in [0, 0.05) is 5.56 Å². The highest BCUT2D eigenvalue weighted by atomic mass is 16.9. The van der Waals surface area contributed by atoms with Gasteiger partial charge in [-0.3, -0.25) is 0 Å². The minimum Gasteiger partial charge on any atom is -0.368 e. The van der Waals surface area contributed by atoms with Crippen LogP contribution in [0.15, 0.2) is 91.0 Å². The van der Waals surface area contributed by atoms with Crippen molar-refractivity contribution in [1.29, 1.82) is 0 Å². The van der Waals surface area contributed by atoms with Crippen LogP contribution in [0.3, 0.4) is 0 Å². The molecule has 0 radical (unpaired) electrons. The van der Waals surface area contributed by atoms with E-state index < -0.39 is 79.3 Å². The Bertz CT molecular complexity index is 1540. The van der Waals surface area contributed by atoms with Crippen molar-refractivity contribution in [1.82, 2.24) is 0 Å². The lowest BCUT2D eigenvalue weighted by Crippen LogP contribution is -2.64. The Morgan fingerprint density at radius 1 is 0.580 bits per heavy atom. The number of hydrogen-bond acceptors (Lipinski definition) is 11. The van der Waals surface area contributed by atoms with E-state index >= 15 is 0 Å². The number of fused-ring (bicyclic) bond motifs is 4. The smallest absolute Gasteiger partial charge is 0.190 e. The summed E-state index contributed by atoms with van der Waals surface area (Å²) in [6, 6.07) is 29.9. The molecule has 0 amide bonds. The SMILES string of the molecule is CC1(C)O[C@H]2[C@@H](O1)[C@@H](CO[C@@H]1O[C@@H]3CO[C@@H](c4ccccc4)O[C@H]3[C@H](OCc3ccccc3)[C@@H]1OCc1ccccc1)O[C@@H]1OC(C)(C)O[C@@H]12. The maximum atomic E-state index is 6.74. The van der Waals surface area contributed by atoms with Crippen molar-refractivity contribution in [2.45, 2.75) is 120 Å². The van der Waals surface area contributed by atoms with E-state index in [0.717, 1.165) is 16.7 Å². The van der Waals surface area contributed by atoms with Gasteiger partial charge in [-0.25, -0.2) is 0 Å². The largest absolute Gasteiger partial charge is 0.368 e. The summed E-state index contributed by atoms with van der Waals surface area (Å²) in [4.78, 5) is 0. The van der Waals surface area contributed by atoms with Gasteiger partial charge in [-0.1, -0.05) is 91.0 Å². The second-order valence-electron chi connectivity index (χ2n) is 14.3. The van der Waals surface area contributed by atoms with E-state index in [1.165, 1.54) is 0 Å². The van der Waals surface area contributed by atoms with E-state index in [9.17, 15) is 0 Å². The third-order valence-electron chi connectivity index (χ3n) is 9.60. The van der Waals surface area contributed by atoms with Crippen LogP contribution in [0.2, 0.25) is 0 Å². The molecule has 5 saturated heterocycles. The topological polar surface area (TPSA) is 102 Å². The first-order chi connectivity index (χ1) is 24.2. The Hall–Kier alpha value is -2.78. The highest BCUT2D eigenvalue weighted by Gasteiger charge is 2.61. The third kappa shape index (κ3) is 7.41. The first-order valence-electron chi connectivity index (χ1n) is 17.5. The molecule has 11 atom stereocenters. The summed E-state index contributed by atoms with van der Waals surface area (Å²) in [6.45, 7) is 8.55. The fourth-order valence-electron chi connectivity index (χ4n) is 7.38. The maximum absolute atomic E-state index is 6.74. The second kappa shape index (κ2) is 14.3. The van der Waals surface area contributed by atoms with Crippen LogP contribution in [0, 0.1) is 0 Å². The Balaban J connectivity index is 1.06. The van der Waals surface area contributed by atoms with Crippen molar-refractivity contribution >= 4 is 0 Å². The van der Waals surface area contributed by atoms with Crippen LogP contribution in [-0.2, 0) is 65.3 Å². The summed E-state index contributed by atoms with van der Waals surface area (Å²) >= 11 is 0. The van der Waals surface area contributed by atoms with Gasteiger partial charge in [-0.2, -0.15) is 0 Å². The van der Waals surface area contributed by atoms with Crippen molar-refractivity contribution in [3.8, 4) is 0 Å². The maximum Gasteiger partial charge on any atom is 0.190 e. The minimum atomic E-state index is -0.853. The summed E-state index contributed by atoms with van der Waals surface area (Å²) in [5.41, 5.74) is 2.95. The van der Waals surface area contributed by atoms with E-state index in [1.807, 2.05) is 119 Å². The summed E-state index contributed by atoms with van der Waals surface area (Å²) in [5.74, 6) is -1.66. The van der Waals surface area contributed by atoms with E-state index in [-0.39, 0.29) is 13.2 Å². The molecule has 5 fully saturated rings. The molecule has 0 aromatic heterocycles. The average molecular weight is 691 g/mol. The van der Waals surface area contributed by atoms with Crippen molar-refractivity contribution in [2.24, 2.45) is 0 Å². The van der Waals surface area contributed by atoms with E-state index in [4.69, 9.17) is 52.1 Å². The van der Waals surface area contributed by atoms with Crippen molar-refractivity contribution in [2.75, 3.05) is 13.2 Å². The van der Waals surface area contributed by atoms with E-state index in [1.54, 1.807) is 0 Å². The molecule has 3 aromatic rings. The molecule has 0 N–H and O–H groups in total. The molecule has 11 nitrogen and oxygen atoms in total. The Morgan fingerprint density at radius 2 is 1.16 bits per heavy atom. The summed E-state index contributed by atoms with van der Waals surface area (Å²) in [6.07, 6.45) is -6.16. The van der Waals surface area contributed by atoms with Gasteiger partial charge in [-0.15, -0.1) is 0 Å². The molecule has 5 heterocycles. The normalized spacial score (nSPS) is 37.1. The zero-order chi connectivity index (χ0) is 34.3. The molecule has 3 aromatic carbocycles. The van der Waals surface area contributed by atoms with Gasteiger partial charge in [0.25, 0.3) is 0 Å². The lowest BCUT2D eigenvalue weighted by atomic mass is 9.96. The molecule has 0 bridgehead atoms. The molecule has 0 unspecified atom stereocenters. The zero-order valence-corrected chi connectivity index (χ0v) is 28.8. The van der Waals surface area contributed by atoms with Crippen LogP contribution in [-0.4, -0.2) is 86.2 Å². The molecule has 268 valence electrons. The van der Waals surface area contributed by atoms with Crippen LogP contribution in [0.1, 0.15) is 50.7 Å². The molecule has 5 aliphatic heterocycles. The van der Waals surface area contributed by atoms with E-state index in [2.05, 4.69) is 0 Å². The zero-order valence-electron chi connectivity index (χ0n) is 28.8. The van der Waals surface area contributed by atoms with Gasteiger partial charge < -0.3 is 52.1 Å². The molecule has 8 rings (SSSR count). The highest BCUT2D eigenvalue weighted by molar-refractivity contribution is 5.18. The Kier molecular flexibility index (Phi) is 9.83. The van der Waals surface area contributed by atoms with Crippen molar-refractivity contribution in [3.05, 3.63) is 108 Å². The van der Waals surface area contributed by atoms with Crippen LogP contribution in [0.25, 0.3) is 0 Å². The molecular weight excluding hydrogens is 644 g/mol. The number of hydrogen-bond donors (Lipinski definition) is 0. The predicted octanol–water partition coefficient (Wildman–Crippen LogP) is 5.41. The minimum absolute atomic E-state index is 0.112. The van der Waals surface area contributed by atoms with Crippen LogP contribution < -0.4 is 0 Å². The lowest BCUT2D eigenvalue weighted by molar-refractivity contribution is -0.376. The molecular formula is C39H46O11. The van der Waals surface area contributed by atoms with Gasteiger partial charge in [0.2, 0.25) is 0 Å². The summed E-state index contributed by atoms with van der Waals surface area (Å²) in [7, 11) is 0. The van der Waals surface area contributed by atoms with Crippen LogP contribution in [0.5, 0.6) is 0 Å². The summed E-state index contributed by atoms with van der Waals surface area (Å²) in [5, 5.41) is 0. The molecule has 0 spiro atoms. The quantitative estimate of drug-likeness (QED) is 0.273. The first kappa shape index (κ1) is 34.3. The molecule has 5 aliphatic rings. The molecule has 50 heavy (non-hydrogen) atoms. The third-order valence-corrected chi connectivity index (χ3v) is 9.60. The van der Waals surface area contributed by atoms with Crippen molar-refractivity contribution in [3.63, 3.8) is 0 Å². The molecule has 0 aliphatic carbocycles. The van der Waals surface area contributed by atoms with Crippen molar-refractivity contribution < 1.29 is 52.1 Å². The number of ether oxygens (including phenoxy) is 11. The van der Waals surface area contributed by atoms with Gasteiger partial charge in [-0.05, 0) is 38.8 Å². The number of rotatable bonds is 10. The highest BCUT2D eigenvalue weighted by Crippen LogP contribution is 2.45. The standard InChI is InChI=1S/C39H46O11/c1-38(2)47-30-28(45-37-34(32(30)48-38)49-39(3,4)50-37)23-43-36-33(41-21-25-16-10-6-11-17-25)31(40-20-24-14-8-5-9-15-24)29-27(44-36)22-42-35(46-29)26-18-12-7-13-19-26/h5-19,27-37H,20-23H2,1-4H3/t27-,28-,29-,30+,31+,32+,33+,34-,35-,36-,37-/m1/s1. The fourth-order valence-corrected chi connectivity index (χ4v) is 7.38. The van der Waals surface area contributed by atoms with Gasteiger partial charge in [0.1, 0.15) is 48.8 Å². The predicted molar refractivity (Wildman–Crippen MR) is 177 cm³/mol. The van der Waals surface area contributed by atoms with Gasteiger partial charge in [0.05, 0.1) is 26.4 Å². The van der Waals surface area contributed by atoms with Crippen LogP contribution >= 0.6 is 0 Å². The molecule has 0 saturated carbocycles. The molecule has 11 heteroatoms. The van der Waals surface area contributed by atoms with Gasteiger partial charge >= 0.3 is 0 Å². The average Bonchev–Trinajstić information content (AvgIpc) is 3.63. The Labute approximate surface area is 292 Å².